The second-order valence-corrected chi connectivity index (χ2v) is 5.71. The lowest BCUT2D eigenvalue weighted by molar-refractivity contribution is 0.409. The molecule has 0 spiro atoms. The highest BCUT2D eigenvalue weighted by molar-refractivity contribution is 5.91. The quantitative estimate of drug-likeness (QED) is 0.662. The summed E-state index contributed by atoms with van der Waals surface area (Å²) in [6.45, 7) is 1.74. The van der Waals surface area contributed by atoms with Crippen LogP contribution in [0.2, 0.25) is 0 Å². The summed E-state index contributed by atoms with van der Waals surface area (Å²) in [5, 5.41) is 5.93. The Kier molecular flexibility index (Phi) is 5.34. The predicted molar refractivity (Wildman–Crippen MR) is 98.9 cm³/mol. The zero-order valence-corrected chi connectivity index (χ0v) is 14.2. The molecule has 0 aromatic heterocycles. The lowest BCUT2D eigenvalue weighted by Crippen LogP contribution is -2.17. The summed E-state index contributed by atoms with van der Waals surface area (Å²) in [5.74, 6) is 1.87. The van der Waals surface area contributed by atoms with E-state index in [1.165, 1.54) is 16.5 Å². The summed E-state index contributed by atoms with van der Waals surface area (Å²) in [7, 11) is 3.43. The minimum Gasteiger partial charge on any atom is -0.496 e. The first-order valence-electron chi connectivity index (χ1n) is 8.20. The van der Waals surface area contributed by atoms with Crippen molar-refractivity contribution in [2.45, 2.75) is 13.0 Å². The molecule has 124 valence electrons. The van der Waals surface area contributed by atoms with Gasteiger partial charge in [-0.3, -0.25) is 0 Å². The van der Waals surface area contributed by atoms with Gasteiger partial charge in [0.2, 0.25) is 0 Å². The van der Waals surface area contributed by atoms with E-state index < -0.39 is 0 Å². The largest absolute Gasteiger partial charge is 0.496 e. The van der Waals surface area contributed by atoms with Crippen molar-refractivity contribution in [3.05, 3.63) is 71.8 Å². The molecule has 0 aliphatic carbocycles. The van der Waals surface area contributed by atoms with Crippen LogP contribution in [0.25, 0.3) is 10.8 Å². The Hall–Kier alpha value is -2.52. The average molecular weight is 321 g/mol. The van der Waals surface area contributed by atoms with Gasteiger partial charge in [-0.2, -0.15) is 0 Å². The molecule has 0 unspecified atom stereocenters. The van der Waals surface area contributed by atoms with Crippen LogP contribution in [-0.4, -0.2) is 20.8 Å². The lowest BCUT2D eigenvalue weighted by atomic mass is 10.0. The fourth-order valence-electron chi connectivity index (χ4n) is 3.02. The van der Waals surface area contributed by atoms with E-state index in [1.807, 2.05) is 24.3 Å². The molecule has 0 atom stereocenters. The van der Waals surface area contributed by atoms with Crippen LogP contribution in [0.4, 0.5) is 0 Å². The fourth-order valence-corrected chi connectivity index (χ4v) is 3.02. The zero-order valence-electron chi connectivity index (χ0n) is 14.2. The first-order valence-corrected chi connectivity index (χ1v) is 8.20. The molecule has 0 amide bonds. The number of hydrogen-bond acceptors (Lipinski definition) is 3. The molecule has 3 heteroatoms. The van der Waals surface area contributed by atoms with Crippen molar-refractivity contribution in [3.63, 3.8) is 0 Å². The van der Waals surface area contributed by atoms with Gasteiger partial charge in [-0.05, 0) is 41.6 Å². The van der Waals surface area contributed by atoms with E-state index in [-0.39, 0.29) is 0 Å². The minimum atomic E-state index is 0.833. The number of rotatable bonds is 7. The predicted octanol–water partition coefficient (Wildman–Crippen LogP) is 4.19. The molecule has 3 aromatic carbocycles. The number of methoxy groups -OCH3 is 2. The van der Waals surface area contributed by atoms with E-state index in [0.29, 0.717) is 0 Å². The van der Waals surface area contributed by atoms with E-state index >= 15 is 0 Å². The summed E-state index contributed by atoms with van der Waals surface area (Å²) in [4.78, 5) is 0. The Morgan fingerprint density at radius 2 is 1.42 bits per heavy atom. The number of para-hydroxylation sites is 1. The third-order valence-corrected chi connectivity index (χ3v) is 4.27. The number of fused-ring (bicyclic) bond motifs is 1. The first-order chi connectivity index (χ1) is 11.8. The van der Waals surface area contributed by atoms with Crippen LogP contribution >= 0.6 is 0 Å². The van der Waals surface area contributed by atoms with Crippen molar-refractivity contribution < 1.29 is 9.47 Å². The molecule has 0 bridgehead atoms. The van der Waals surface area contributed by atoms with Crippen LogP contribution in [0.5, 0.6) is 11.5 Å². The van der Waals surface area contributed by atoms with Gasteiger partial charge in [0, 0.05) is 11.9 Å². The summed E-state index contributed by atoms with van der Waals surface area (Å²) in [6.07, 6.45) is 0.943. The summed E-state index contributed by atoms with van der Waals surface area (Å²) >= 11 is 0. The van der Waals surface area contributed by atoms with Gasteiger partial charge in [0.15, 0.2) is 0 Å². The second kappa shape index (κ2) is 7.84. The molecule has 3 rings (SSSR count). The van der Waals surface area contributed by atoms with Gasteiger partial charge >= 0.3 is 0 Å². The van der Waals surface area contributed by atoms with Gasteiger partial charge in [-0.15, -0.1) is 0 Å². The monoisotopic (exact) mass is 321 g/mol. The van der Waals surface area contributed by atoms with Crippen LogP contribution in [-0.2, 0) is 13.0 Å². The van der Waals surface area contributed by atoms with Crippen LogP contribution < -0.4 is 14.8 Å². The molecule has 3 aromatic rings. The van der Waals surface area contributed by atoms with Gasteiger partial charge in [0.1, 0.15) is 11.5 Å². The maximum absolute atomic E-state index is 5.46. The summed E-state index contributed by atoms with van der Waals surface area (Å²) in [6, 6.07) is 20.7. The van der Waals surface area contributed by atoms with Crippen molar-refractivity contribution in [1.82, 2.24) is 5.32 Å². The number of hydrogen-bond donors (Lipinski definition) is 1. The molecule has 0 fully saturated rings. The third-order valence-electron chi connectivity index (χ3n) is 4.27. The normalized spacial score (nSPS) is 10.8. The highest BCUT2D eigenvalue weighted by Crippen LogP contribution is 2.28. The molecular formula is C21H23NO2. The van der Waals surface area contributed by atoms with Crippen LogP contribution in [0.15, 0.2) is 60.7 Å². The van der Waals surface area contributed by atoms with Crippen molar-refractivity contribution in [3.8, 4) is 11.5 Å². The Morgan fingerprint density at radius 3 is 2.21 bits per heavy atom. The van der Waals surface area contributed by atoms with E-state index in [4.69, 9.17) is 9.47 Å². The van der Waals surface area contributed by atoms with Crippen LogP contribution in [0.1, 0.15) is 11.1 Å². The van der Waals surface area contributed by atoms with Crippen LogP contribution in [0, 0.1) is 0 Å². The van der Waals surface area contributed by atoms with Crippen molar-refractivity contribution in [1.29, 1.82) is 0 Å². The highest BCUT2D eigenvalue weighted by Gasteiger charge is 2.06. The summed E-state index contributed by atoms with van der Waals surface area (Å²) in [5.41, 5.74) is 2.51. The molecule has 0 radical (unpaired) electrons. The third kappa shape index (κ3) is 3.52. The Balaban J connectivity index is 1.66. The molecule has 0 heterocycles. The van der Waals surface area contributed by atoms with Gasteiger partial charge < -0.3 is 14.8 Å². The fraction of sp³-hybridized carbons (Fsp3) is 0.238. The van der Waals surface area contributed by atoms with E-state index in [9.17, 15) is 0 Å². The zero-order chi connectivity index (χ0) is 16.8. The van der Waals surface area contributed by atoms with Gasteiger partial charge in [-0.1, -0.05) is 48.5 Å². The lowest BCUT2D eigenvalue weighted by Gasteiger charge is -2.12. The molecule has 0 aliphatic rings. The molecular weight excluding hydrogens is 298 g/mol. The van der Waals surface area contributed by atoms with E-state index in [2.05, 4.69) is 41.7 Å². The molecule has 3 nitrogen and oxygen atoms in total. The van der Waals surface area contributed by atoms with E-state index in [1.54, 1.807) is 14.2 Å². The van der Waals surface area contributed by atoms with Gasteiger partial charge in [0.25, 0.3) is 0 Å². The van der Waals surface area contributed by atoms with Crippen molar-refractivity contribution >= 4 is 10.8 Å². The van der Waals surface area contributed by atoms with Gasteiger partial charge in [0.05, 0.1) is 14.2 Å². The number of nitrogens with one attached hydrogen (secondary N) is 1. The molecule has 0 saturated carbocycles. The average Bonchev–Trinajstić information content (AvgIpc) is 2.65. The van der Waals surface area contributed by atoms with E-state index in [0.717, 1.165) is 36.4 Å². The topological polar surface area (TPSA) is 30.5 Å². The Bertz CT molecular complexity index is 814. The van der Waals surface area contributed by atoms with Crippen LogP contribution in [0.3, 0.4) is 0 Å². The first kappa shape index (κ1) is 16.3. The highest BCUT2D eigenvalue weighted by atomic mass is 16.5. The maximum Gasteiger partial charge on any atom is 0.126 e. The van der Waals surface area contributed by atoms with Crippen molar-refractivity contribution in [2.75, 3.05) is 20.8 Å². The maximum atomic E-state index is 5.46. The number of ether oxygens (including phenoxy) is 2. The van der Waals surface area contributed by atoms with Crippen molar-refractivity contribution in [2.24, 2.45) is 0 Å². The summed E-state index contributed by atoms with van der Waals surface area (Å²) < 4.78 is 10.9. The molecule has 1 N–H and O–H groups in total. The Morgan fingerprint density at radius 1 is 0.708 bits per heavy atom. The SMILES string of the molecule is COc1ccccc1CCNCc1ccc(OC)c2ccccc12. The molecule has 0 saturated heterocycles. The number of benzene rings is 3. The van der Waals surface area contributed by atoms with Gasteiger partial charge in [-0.25, -0.2) is 0 Å². The second-order valence-electron chi connectivity index (χ2n) is 5.71. The minimum absolute atomic E-state index is 0.833. The standard InChI is InChI=1S/C21H23NO2/c1-23-20-10-6-3-7-16(20)13-14-22-15-17-11-12-21(24-2)19-9-5-4-8-18(17)19/h3-12,22H,13-15H2,1-2H3. The Labute approximate surface area is 143 Å². The molecule has 24 heavy (non-hydrogen) atoms. The molecule has 0 aliphatic heterocycles. The smallest absolute Gasteiger partial charge is 0.126 e.